The van der Waals surface area contributed by atoms with Gasteiger partial charge in [-0.2, -0.15) is 4.98 Å². The number of nitrogens with zero attached hydrogens (tertiary/aromatic N) is 2. The standard InChI is InChI=1S/C21H20N2O4/c1-13-4-3-5-15(10-13)11-17(24)19-20(25)21(26)23-18(22-19)12-14-6-8-16(27-2)9-7-14/h3-10,25H,11-12H2,1-2H3,(H,22,23,26). The molecule has 0 saturated heterocycles. The molecule has 0 radical (unpaired) electrons. The van der Waals surface area contributed by atoms with Crippen LogP contribution in [0.25, 0.3) is 0 Å². The summed E-state index contributed by atoms with van der Waals surface area (Å²) in [5, 5.41) is 20.0. The molecule has 6 nitrogen and oxygen atoms in total. The quantitative estimate of drug-likeness (QED) is 0.653. The van der Waals surface area contributed by atoms with Crippen molar-refractivity contribution in [3.05, 3.63) is 76.7 Å². The number of hydrogen-bond acceptors (Lipinski definition) is 6. The van der Waals surface area contributed by atoms with Gasteiger partial charge in [0.1, 0.15) is 11.6 Å². The van der Waals surface area contributed by atoms with Crippen LogP contribution in [-0.2, 0) is 12.8 Å². The number of hydrogen-bond donors (Lipinski definition) is 2. The van der Waals surface area contributed by atoms with E-state index in [0.29, 0.717) is 6.42 Å². The number of benzene rings is 2. The van der Waals surface area contributed by atoms with Gasteiger partial charge in [-0.15, -0.1) is 0 Å². The van der Waals surface area contributed by atoms with Gasteiger partial charge in [0.25, 0.3) is 5.88 Å². The van der Waals surface area contributed by atoms with Gasteiger partial charge in [-0.1, -0.05) is 42.0 Å². The molecule has 27 heavy (non-hydrogen) atoms. The molecule has 0 spiro atoms. The Bertz CT molecular complexity index is 968. The third-order valence-corrected chi connectivity index (χ3v) is 4.14. The number of carbonyl (C=O) groups is 1. The summed E-state index contributed by atoms with van der Waals surface area (Å²) in [6, 6.07) is 14.8. The van der Waals surface area contributed by atoms with Crippen molar-refractivity contribution in [1.29, 1.82) is 0 Å². The summed E-state index contributed by atoms with van der Waals surface area (Å²) in [5.41, 5.74) is 2.56. The van der Waals surface area contributed by atoms with Crippen molar-refractivity contribution in [3.63, 3.8) is 0 Å². The van der Waals surface area contributed by atoms with Gasteiger partial charge in [0.05, 0.1) is 7.11 Å². The number of Topliss-reactive ketones (excluding diaryl/α,β-unsaturated/α-hetero) is 1. The predicted octanol–water partition coefficient (Wildman–Crippen LogP) is 3.22. The average molecular weight is 364 g/mol. The monoisotopic (exact) mass is 364 g/mol. The lowest BCUT2D eigenvalue weighted by molar-refractivity contribution is 0.0983. The second-order valence-electron chi connectivity index (χ2n) is 6.27. The van der Waals surface area contributed by atoms with Gasteiger partial charge in [0.15, 0.2) is 11.5 Å². The van der Waals surface area contributed by atoms with Crippen LogP contribution in [0.15, 0.2) is 48.5 Å². The maximum atomic E-state index is 12.6. The lowest BCUT2D eigenvalue weighted by atomic mass is 10.0. The van der Waals surface area contributed by atoms with Crippen molar-refractivity contribution in [2.75, 3.05) is 7.11 Å². The molecule has 0 amide bonds. The molecule has 1 heterocycles. The topological polar surface area (TPSA) is 92.5 Å². The van der Waals surface area contributed by atoms with Crippen LogP contribution in [0.1, 0.15) is 33.0 Å². The smallest absolute Gasteiger partial charge is 0.258 e. The molecule has 0 fully saturated rings. The van der Waals surface area contributed by atoms with Crippen molar-refractivity contribution < 1.29 is 19.7 Å². The summed E-state index contributed by atoms with van der Waals surface area (Å²) < 4.78 is 5.12. The number of carbonyl (C=O) groups excluding carboxylic acids is 1. The van der Waals surface area contributed by atoms with E-state index < -0.39 is 11.6 Å². The minimum absolute atomic E-state index is 0.0771. The van der Waals surface area contributed by atoms with Crippen LogP contribution in [0.5, 0.6) is 17.4 Å². The maximum Gasteiger partial charge on any atom is 0.258 e. The van der Waals surface area contributed by atoms with Crippen LogP contribution in [0.3, 0.4) is 0 Å². The van der Waals surface area contributed by atoms with E-state index in [4.69, 9.17) is 4.74 Å². The fraction of sp³-hybridized carbons (Fsp3) is 0.190. The minimum atomic E-state index is -0.596. The number of rotatable bonds is 6. The van der Waals surface area contributed by atoms with Crippen molar-refractivity contribution in [3.8, 4) is 17.4 Å². The molecule has 138 valence electrons. The van der Waals surface area contributed by atoms with Crippen LogP contribution in [-0.4, -0.2) is 33.1 Å². The number of aromatic hydroxyl groups is 2. The molecular weight excluding hydrogens is 344 g/mol. The zero-order valence-electron chi connectivity index (χ0n) is 15.1. The van der Waals surface area contributed by atoms with Gasteiger partial charge in [-0.05, 0) is 30.2 Å². The summed E-state index contributed by atoms with van der Waals surface area (Å²) in [6.07, 6.45) is 0.385. The van der Waals surface area contributed by atoms with E-state index >= 15 is 0 Å². The SMILES string of the molecule is COc1ccc(Cc2nc(O)c(O)c(C(=O)Cc3cccc(C)c3)n2)cc1. The fourth-order valence-corrected chi connectivity index (χ4v) is 2.78. The zero-order chi connectivity index (χ0) is 19.4. The number of ketones is 1. The van der Waals surface area contributed by atoms with Gasteiger partial charge in [-0.25, -0.2) is 4.98 Å². The highest BCUT2D eigenvalue weighted by Crippen LogP contribution is 2.27. The number of methoxy groups -OCH3 is 1. The molecule has 0 aliphatic heterocycles. The van der Waals surface area contributed by atoms with Gasteiger partial charge in [-0.3, -0.25) is 4.79 Å². The Morgan fingerprint density at radius 3 is 2.44 bits per heavy atom. The maximum absolute atomic E-state index is 12.6. The molecule has 3 aromatic rings. The fourth-order valence-electron chi connectivity index (χ4n) is 2.78. The Balaban J connectivity index is 1.85. The van der Waals surface area contributed by atoms with Gasteiger partial charge in [0, 0.05) is 12.8 Å². The highest BCUT2D eigenvalue weighted by molar-refractivity contribution is 5.98. The summed E-state index contributed by atoms with van der Waals surface area (Å²) in [5.74, 6) is -0.593. The van der Waals surface area contributed by atoms with Gasteiger partial charge >= 0.3 is 0 Å². The van der Waals surface area contributed by atoms with Crippen molar-refractivity contribution in [1.82, 2.24) is 9.97 Å². The number of aryl methyl sites for hydroxylation is 1. The minimum Gasteiger partial charge on any atom is -0.502 e. The first-order chi connectivity index (χ1) is 13.0. The molecule has 3 rings (SSSR count). The van der Waals surface area contributed by atoms with E-state index in [0.717, 1.165) is 22.4 Å². The van der Waals surface area contributed by atoms with E-state index in [1.807, 2.05) is 43.3 Å². The molecule has 1 aromatic heterocycles. The normalized spacial score (nSPS) is 10.6. The average Bonchev–Trinajstić information content (AvgIpc) is 2.65. The summed E-state index contributed by atoms with van der Waals surface area (Å²) >= 11 is 0. The highest BCUT2D eigenvalue weighted by Gasteiger charge is 2.20. The van der Waals surface area contributed by atoms with E-state index in [2.05, 4.69) is 9.97 Å². The molecule has 2 N–H and O–H groups in total. The highest BCUT2D eigenvalue weighted by atomic mass is 16.5. The second kappa shape index (κ2) is 7.86. The summed E-state index contributed by atoms with van der Waals surface area (Å²) in [6.45, 7) is 1.94. The molecule has 0 unspecified atom stereocenters. The zero-order valence-corrected chi connectivity index (χ0v) is 15.1. The Morgan fingerprint density at radius 1 is 1.04 bits per heavy atom. The molecule has 0 saturated carbocycles. The molecule has 0 aliphatic rings. The van der Waals surface area contributed by atoms with Crippen LogP contribution in [0.4, 0.5) is 0 Å². The first kappa shape index (κ1) is 18.4. The predicted molar refractivity (Wildman–Crippen MR) is 100 cm³/mol. The van der Waals surface area contributed by atoms with Gasteiger partial charge in [0.2, 0.25) is 5.75 Å². The van der Waals surface area contributed by atoms with Gasteiger partial charge < -0.3 is 14.9 Å². The van der Waals surface area contributed by atoms with Crippen LogP contribution >= 0.6 is 0 Å². The lowest BCUT2D eigenvalue weighted by Gasteiger charge is -2.08. The molecule has 2 aromatic carbocycles. The third-order valence-electron chi connectivity index (χ3n) is 4.14. The van der Waals surface area contributed by atoms with Crippen molar-refractivity contribution >= 4 is 5.78 Å². The Kier molecular flexibility index (Phi) is 5.35. The number of aromatic nitrogens is 2. The van der Waals surface area contributed by atoms with Crippen molar-refractivity contribution in [2.45, 2.75) is 19.8 Å². The molecule has 0 bridgehead atoms. The van der Waals surface area contributed by atoms with E-state index in [9.17, 15) is 15.0 Å². The first-order valence-corrected chi connectivity index (χ1v) is 8.47. The molecule has 0 atom stereocenters. The van der Waals surface area contributed by atoms with E-state index in [1.165, 1.54) is 0 Å². The van der Waals surface area contributed by atoms with Crippen LogP contribution < -0.4 is 4.74 Å². The molecular formula is C21H20N2O4. The summed E-state index contributed by atoms with van der Waals surface area (Å²) in [7, 11) is 1.59. The van der Waals surface area contributed by atoms with Crippen LogP contribution in [0.2, 0.25) is 0 Å². The lowest BCUT2D eigenvalue weighted by Crippen LogP contribution is -2.10. The van der Waals surface area contributed by atoms with E-state index in [1.54, 1.807) is 19.2 Å². The largest absolute Gasteiger partial charge is 0.502 e. The Hall–Kier alpha value is -3.41. The van der Waals surface area contributed by atoms with Crippen LogP contribution in [0, 0.1) is 6.92 Å². The first-order valence-electron chi connectivity index (χ1n) is 8.47. The molecule has 6 heteroatoms. The Labute approximate surface area is 157 Å². The summed E-state index contributed by atoms with van der Waals surface area (Å²) in [4.78, 5) is 20.7. The van der Waals surface area contributed by atoms with Crippen molar-refractivity contribution in [2.24, 2.45) is 0 Å². The molecule has 0 aliphatic carbocycles. The number of ether oxygens (including phenoxy) is 1. The Morgan fingerprint density at radius 2 is 1.78 bits per heavy atom. The second-order valence-corrected chi connectivity index (χ2v) is 6.27. The van der Waals surface area contributed by atoms with E-state index in [-0.39, 0.29) is 23.7 Å². The third kappa shape index (κ3) is 4.41.